The van der Waals surface area contributed by atoms with Gasteiger partial charge in [0.1, 0.15) is 0 Å². The number of hydrogen-bond donors (Lipinski definition) is 0. The molecule has 19 heavy (non-hydrogen) atoms. The molecule has 0 fully saturated rings. The van der Waals surface area contributed by atoms with E-state index in [4.69, 9.17) is 4.74 Å². The third-order valence-electron chi connectivity index (χ3n) is 2.70. The van der Waals surface area contributed by atoms with Crippen molar-refractivity contribution in [1.82, 2.24) is 0 Å². The maximum absolute atomic E-state index is 12.1. The number of halogens is 1. The maximum Gasteiger partial charge on any atom is 0.377 e. The van der Waals surface area contributed by atoms with Gasteiger partial charge in [-0.25, -0.2) is 4.79 Å². The van der Waals surface area contributed by atoms with Crippen molar-refractivity contribution in [2.75, 3.05) is 6.61 Å². The number of hydrogen-bond acceptors (Lipinski definition) is 5. The van der Waals surface area contributed by atoms with Crippen molar-refractivity contribution in [3.63, 3.8) is 0 Å². The van der Waals surface area contributed by atoms with Gasteiger partial charge in [0.05, 0.1) is 13.2 Å². The van der Waals surface area contributed by atoms with Crippen molar-refractivity contribution >= 4 is 33.5 Å². The van der Waals surface area contributed by atoms with Crippen LogP contribution in [0.4, 0.5) is 0 Å². The normalized spacial score (nSPS) is 17.8. The highest BCUT2D eigenvalue weighted by Crippen LogP contribution is 2.24. The Morgan fingerprint density at radius 2 is 2.21 bits per heavy atom. The fourth-order valence-electron chi connectivity index (χ4n) is 1.80. The van der Waals surface area contributed by atoms with E-state index in [1.807, 2.05) is 0 Å². The van der Waals surface area contributed by atoms with Gasteiger partial charge in [-0.3, -0.25) is 9.59 Å². The highest BCUT2D eigenvalue weighted by atomic mass is 79.9. The predicted octanol–water partition coefficient (Wildman–Crippen LogP) is 1.66. The van der Waals surface area contributed by atoms with Crippen molar-refractivity contribution in [3.8, 4) is 0 Å². The van der Waals surface area contributed by atoms with Crippen LogP contribution in [0.5, 0.6) is 0 Å². The summed E-state index contributed by atoms with van der Waals surface area (Å²) in [5.74, 6) is -2.52. The number of benzene rings is 1. The Bertz CT molecular complexity index is 552. The first-order valence-corrected chi connectivity index (χ1v) is 6.49. The summed E-state index contributed by atoms with van der Waals surface area (Å²) >= 11 is 3.26. The van der Waals surface area contributed by atoms with Crippen LogP contribution >= 0.6 is 15.9 Å². The molecule has 1 aliphatic rings. The zero-order chi connectivity index (χ0) is 14.0. The molecule has 0 amide bonds. The Hall–Kier alpha value is -1.53. The Balaban J connectivity index is 2.26. The van der Waals surface area contributed by atoms with E-state index in [9.17, 15) is 14.4 Å². The molecular formula is C13H11BrO5. The van der Waals surface area contributed by atoms with Crippen LogP contribution in [0.15, 0.2) is 22.7 Å². The van der Waals surface area contributed by atoms with Gasteiger partial charge in [-0.1, -0.05) is 22.0 Å². The van der Waals surface area contributed by atoms with Crippen molar-refractivity contribution in [2.24, 2.45) is 0 Å². The largest absolute Gasteiger partial charge is 0.460 e. The summed E-state index contributed by atoms with van der Waals surface area (Å²) in [5, 5.41) is 0. The average molecular weight is 327 g/mol. The van der Waals surface area contributed by atoms with Crippen molar-refractivity contribution in [1.29, 1.82) is 0 Å². The van der Waals surface area contributed by atoms with E-state index >= 15 is 0 Å². The fraction of sp³-hybridized carbons (Fsp3) is 0.308. The number of rotatable bonds is 3. The first kappa shape index (κ1) is 13.9. The van der Waals surface area contributed by atoms with Crippen LogP contribution < -0.4 is 0 Å². The highest BCUT2D eigenvalue weighted by molar-refractivity contribution is 9.10. The number of Topliss-reactive ketones (excluding diaryl/α,β-unsaturated/α-hetero) is 2. The minimum Gasteiger partial charge on any atom is -0.460 e. The molecule has 6 heteroatoms. The molecule has 0 saturated heterocycles. The number of fused-ring (bicyclic) bond motifs is 1. The average Bonchev–Trinajstić information content (AvgIpc) is 2.39. The second-order valence-electron chi connectivity index (χ2n) is 3.94. The highest BCUT2D eigenvalue weighted by Gasteiger charge is 2.38. The molecule has 1 aromatic rings. The van der Waals surface area contributed by atoms with E-state index in [1.165, 1.54) is 0 Å². The van der Waals surface area contributed by atoms with Gasteiger partial charge < -0.3 is 9.47 Å². The van der Waals surface area contributed by atoms with Gasteiger partial charge >= 0.3 is 5.97 Å². The van der Waals surface area contributed by atoms with Gasteiger partial charge in [0, 0.05) is 10.0 Å². The van der Waals surface area contributed by atoms with Crippen molar-refractivity contribution in [3.05, 3.63) is 33.8 Å². The molecule has 0 radical (unpaired) electrons. The Labute approximate surface area is 118 Å². The first-order chi connectivity index (χ1) is 9.04. The third-order valence-corrected chi connectivity index (χ3v) is 3.19. The van der Waals surface area contributed by atoms with Gasteiger partial charge in [0.25, 0.3) is 5.78 Å². The Morgan fingerprint density at radius 1 is 1.47 bits per heavy atom. The summed E-state index contributed by atoms with van der Waals surface area (Å²) in [5.41, 5.74) is 1.09. The van der Waals surface area contributed by atoms with E-state index in [0.29, 0.717) is 11.1 Å². The number of carbonyl (C=O) groups excluding carboxylic acids is 3. The number of ketones is 2. The molecule has 0 aromatic heterocycles. The molecule has 1 aliphatic heterocycles. The van der Waals surface area contributed by atoms with Gasteiger partial charge in [0.15, 0.2) is 11.9 Å². The zero-order valence-electron chi connectivity index (χ0n) is 10.1. The van der Waals surface area contributed by atoms with E-state index in [2.05, 4.69) is 20.7 Å². The zero-order valence-corrected chi connectivity index (χ0v) is 11.7. The monoisotopic (exact) mass is 326 g/mol. The minimum absolute atomic E-state index is 0.0770. The van der Waals surface area contributed by atoms with E-state index in [1.54, 1.807) is 25.1 Å². The Morgan fingerprint density at radius 3 is 2.89 bits per heavy atom. The SMILES string of the molecule is CCOC(=O)C(=O)C1OCc2ccc(Br)cc2C1=O. The van der Waals surface area contributed by atoms with Crippen LogP contribution in [0.2, 0.25) is 0 Å². The van der Waals surface area contributed by atoms with Gasteiger partial charge in [-0.15, -0.1) is 0 Å². The standard InChI is InChI=1S/C13H11BrO5/c1-2-18-13(17)11(16)12-10(15)9-5-8(14)4-3-7(9)6-19-12/h3-5,12H,2,6H2,1H3. The molecule has 100 valence electrons. The van der Waals surface area contributed by atoms with Crippen molar-refractivity contribution < 1.29 is 23.9 Å². The molecule has 2 rings (SSSR count). The van der Waals surface area contributed by atoms with Gasteiger partial charge in [-0.2, -0.15) is 0 Å². The van der Waals surface area contributed by atoms with E-state index in [-0.39, 0.29) is 13.2 Å². The third kappa shape index (κ3) is 2.74. The molecule has 0 spiro atoms. The lowest BCUT2D eigenvalue weighted by molar-refractivity contribution is -0.158. The molecule has 1 heterocycles. The molecule has 0 bridgehead atoms. The van der Waals surface area contributed by atoms with Crippen LogP contribution in [0.25, 0.3) is 0 Å². The second-order valence-corrected chi connectivity index (χ2v) is 4.86. The van der Waals surface area contributed by atoms with Crippen molar-refractivity contribution in [2.45, 2.75) is 19.6 Å². The van der Waals surface area contributed by atoms with Crippen LogP contribution in [0.1, 0.15) is 22.8 Å². The van der Waals surface area contributed by atoms with Gasteiger partial charge in [0.2, 0.25) is 0 Å². The first-order valence-electron chi connectivity index (χ1n) is 5.69. The molecule has 5 nitrogen and oxygen atoms in total. The Kier molecular flexibility index (Phi) is 4.11. The lowest BCUT2D eigenvalue weighted by Crippen LogP contribution is -2.41. The van der Waals surface area contributed by atoms with Crippen LogP contribution in [-0.2, 0) is 25.7 Å². The summed E-state index contributed by atoms with van der Waals surface area (Å²) in [4.78, 5) is 35.3. The molecule has 0 N–H and O–H groups in total. The quantitative estimate of drug-likeness (QED) is 0.480. The number of carbonyl (C=O) groups is 3. The summed E-state index contributed by atoms with van der Waals surface area (Å²) in [6.07, 6.45) is -1.40. The lowest BCUT2D eigenvalue weighted by atomic mass is 9.96. The lowest BCUT2D eigenvalue weighted by Gasteiger charge is -2.22. The number of ether oxygens (including phenoxy) is 2. The predicted molar refractivity (Wildman–Crippen MR) is 68.7 cm³/mol. The van der Waals surface area contributed by atoms with E-state index in [0.717, 1.165) is 4.47 Å². The summed E-state index contributed by atoms with van der Waals surface area (Å²) < 4.78 is 10.5. The van der Waals surface area contributed by atoms with E-state index < -0.39 is 23.6 Å². The van der Waals surface area contributed by atoms with Crippen LogP contribution in [0, 0.1) is 0 Å². The molecular weight excluding hydrogens is 316 g/mol. The molecule has 1 unspecified atom stereocenters. The maximum atomic E-state index is 12.1. The fourth-order valence-corrected chi connectivity index (χ4v) is 2.16. The second kappa shape index (κ2) is 5.63. The molecule has 1 atom stereocenters. The molecule has 0 saturated carbocycles. The van der Waals surface area contributed by atoms with Gasteiger partial charge in [-0.05, 0) is 24.6 Å². The molecule has 0 aliphatic carbocycles. The minimum atomic E-state index is -1.40. The van der Waals surface area contributed by atoms with Crippen LogP contribution in [-0.4, -0.2) is 30.2 Å². The smallest absolute Gasteiger partial charge is 0.377 e. The summed E-state index contributed by atoms with van der Waals surface area (Å²) in [7, 11) is 0. The summed E-state index contributed by atoms with van der Waals surface area (Å²) in [6, 6.07) is 5.14. The topological polar surface area (TPSA) is 69.7 Å². The van der Waals surface area contributed by atoms with Crippen LogP contribution in [0.3, 0.4) is 0 Å². The summed E-state index contributed by atoms with van der Waals surface area (Å²) in [6.45, 7) is 1.78. The number of esters is 1. The molecule has 1 aromatic carbocycles.